The number of nitrogens with one attached hydrogen (secondary N) is 1. The molecule has 3 aromatic rings. The van der Waals surface area contributed by atoms with Crippen LogP contribution in [0.5, 0.6) is 0 Å². The zero-order valence-corrected chi connectivity index (χ0v) is 23.2. The molecule has 0 saturated carbocycles. The van der Waals surface area contributed by atoms with E-state index in [1.54, 1.807) is 6.07 Å². The average Bonchev–Trinajstić information content (AvgIpc) is 3.50. The van der Waals surface area contributed by atoms with E-state index >= 15 is 0 Å². The molecule has 0 aliphatic carbocycles. The Kier molecular flexibility index (Phi) is 6.44. The van der Waals surface area contributed by atoms with Gasteiger partial charge in [0.1, 0.15) is 6.04 Å². The molecule has 2 saturated heterocycles. The average molecular weight is 565 g/mol. The van der Waals surface area contributed by atoms with E-state index in [9.17, 15) is 24.3 Å². The summed E-state index contributed by atoms with van der Waals surface area (Å²) < 4.78 is 0. The number of amides is 4. The van der Waals surface area contributed by atoms with Crippen LogP contribution in [0, 0.1) is 0 Å². The maximum absolute atomic E-state index is 13.1. The van der Waals surface area contributed by atoms with Gasteiger partial charge in [-0.1, -0.05) is 42.5 Å². The Hall–Kier alpha value is -4.34. The second kappa shape index (κ2) is 10.2. The number of rotatable bonds is 5. The number of fused-ring (bicyclic) bond motifs is 2. The summed E-state index contributed by atoms with van der Waals surface area (Å²) in [6, 6.07) is 20.7. The van der Waals surface area contributed by atoms with E-state index < -0.39 is 17.6 Å². The van der Waals surface area contributed by atoms with Crippen molar-refractivity contribution in [2.24, 2.45) is 0 Å². The number of imide groups is 1. The zero-order valence-electron chi connectivity index (χ0n) is 23.2. The number of benzene rings is 3. The second-order valence-electron chi connectivity index (χ2n) is 11.8. The standard InChI is InChI=1S/C33H32N4O5/c38-29-11-10-28(30(39)34-29)37-20-23-17-24(8-9-26(23)31(37)40)33(42)12-14-35(15-13-33)18-21-6-7-22-19-36(32(41)27(22)16-21)25-4-2-1-3-5-25/h1-9,16-17,28,42H,10-15,18-20H2,(H,34,38,39). The summed E-state index contributed by atoms with van der Waals surface area (Å²) in [4.78, 5) is 55.8. The van der Waals surface area contributed by atoms with Gasteiger partial charge in [-0.25, -0.2) is 0 Å². The Labute approximate surface area is 243 Å². The number of likely N-dealkylation sites (tertiary alicyclic amines) is 1. The first-order chi connectivity index (χ1) is 20.3. The number of carbonyl (C=O) groups excluding carboxylic acids is 4. The van der Waals surface area contributed by atoms with E-state index in [1.807, 2.05) is 53.4 Å². The van der Waals surface area contributed by atoms with Crippen molar-refractivity contribution in [3.63, 3.8) is 0 Å². The van der Waals surface area contributed by atoms with Crippen molar-refractivity contribution >= 4 is 29.3 Å². The van der Waals surface area contributed by atoms with Crippen molar-refractivity contribution in [1.29, 1.82) is 0 Å². The Morgan fingerprint density at radius 1 is 0.833 bits per heavy atom. The molecule has 4 amide bonds. The van der Waals surface area contributed by atoms with Crippen molar-refractivity contribution in [2.45, 2.75) is 57.0 Å². The molecule has 4 aliphatic heterocycles. The number of anilines is 1. The van der Waals surface area contributed by atoms with Gasteiger partial charge in [0.25, 0.3) is 11.8 Å². The molecule has 9 nitrogen and oxygen atoms in total. The molecule has 9 heteroatoms. The Morgan fingerprint density at radius 3 is 2.38 bits per heavy atom. The van der Waals surface area contributed by atoms with Crippen LogP contribution in [0.3, 0.4) is 0 Å². The third kappa shape index (κ3) is 4.59. The van der Waals surface area contributed by atoms with Gasteiger partial charge < -0.3 is 14.9 Å². The summed E-state index contributed by atoms with van der Waals surface area (Å²) >= 11 is 0. The second-order valence-corrected chi connectivity index (χ2v) is 11.8. The van der Waals surface area contributed by atoms with Crippen LogP contribution in [0.2, 0.25) is 0 Å². The smallest absolute Gasteiger partial charge is 0.258 e. The highest BCUT2D eigenvalue weighted by atomic mass is 16.3. The molecule has 0 radical (unpaired) electrons. The summed E-state index contributed by atoms with van der Waals surface area (Å²) in [5, 5.41) is 14.0. The number of hydrogen-bond acceptors (Lipinski definition) is 6. The molecule has 7 rings (SSSR count). The van der Waals surface area contributed by atoms with Gasteiger partial charge in [-0.15, -0.1) is 0 Å². The number of piperidine rings is 2. The summed E-state index contributed by atoms with van der Waals surface area (Å²) in [5.74, 6) is -0.930. The van der Waals surface area contributed by atoms with Crippen molar-refractivity contribution in [1.82, 2.24) is 15.1 Å². The quantitative estimate of drug-likeness (QED) is 0.461. The molecule has 0 bridgehead atoms. The predicted octanol–water partition coefficient (Wildman–Crippen LogP) is 3.09. The van der Waals surface area contributed by atoms with Crippen molar-refractivity contribution < 1.29 is 24.3 Å². The van der Waals surface area contributed by atoms with Gasteiger partial charge in [0, 0.05) is 49.4 Å². The molecular weight excluding hydrogens is 532 g/mol. The van der Waals surface area contributed by atoms with Crippen molar-refractivity contribution in [3.05, 3.63) is 100 Å². The summed E-state index contributed by atoms with van der Waals surface area (Å²) in [6.45, 7) is 2.94. The van der Waals surface area contributed by atoms with Crippen LogP contribution in [0.25, 0.3) is 0 Å². The lowest BCUT2D eigenvalue weighted by Gasteiger charge is -2.38. The van der Waals surface area contributed by atoms with E-state index in [0.717, 1.165) is 33.5 Å². The fraction of sp³-hybridized carbons (Fsp3) is 0.333. The van der Waals surface area contributed by atoms with E-state index in [-0.39, 0.29) is 30.7 Å². The molecule has 42 heavy (non-hydrogen) atoms. The van der Waals surface area contributed by atoms with Gasteiger partial charge in [0.2, 0.25) is 11.8 Å². The van der Waals surface area contributed by atoms with E-state index in [0.29, 0.717) is 51.0 Å². The number of hydrogen-bond donors (Lipinski definition) is 2. The Bertz CT molecular complexity index is 1610. The fourth-order valence-corrected chi connectivity index (χ4v) is 6.75. The first-order valence-electron chi connectivity index (χ1n) is 14.5. The van der Waals surface area contributed by atoms with Gasteiger partial charge >= 0.3 is 0 Å². The van der Waals surface area contributed by atoms with Gasteiger partial charge in [-0.05, 0) is 65.8 Å². The number of nitrogens with zero attached hydrogens (tertiary/aromatic N) is 3. The summed E-state index contributed by atoms with van der Waals surface area (Å²) in [6.07, 6.45) is 1.62. The molecule has 4 heterocycles. The van der Waals surface area contributed by atoms with Crippen LogP contribution >= 0.6 is 0 Å². The monoisotopic (exact) mass is 564 g/mol. The lowest BCUT2D eigenvalue weighted by atomic mass is 9.83. The van der Waals surface area contributed by atoms with Crippen LogP contribution in [0.4, 0.5) is 5.69 Å². The highest BCUT2D eigenvalue weighted by Gasteiger charge is 2.41. The third-order valence-electron chi connectivity index (χ3n) is 9.20. The number of para-hydroxylation sites is 1. The first kappa shape index (κ1) is 26.6. The van der Waals surface area contributed by atoms with E-state index in [1.165, 1.54) is 4.90 Å². The van der Waals surface area contributed by atoms with E-state index in [4.69, 9.17) is 0 Å². The number of carbonyl (C=O) groups is 4. The molecular formula is C33H32N4O5. The maximum atomic E-state index is 13.1. The SMILES string of the molecule is O=C1CCC(N2Cc3cc(C4(O)CCN(Cc5ccc6c(c5)C(=O)N(c5ccccc5)C6)CC4)ccc3C2=O)C(=O)N1. The normalized spacial score (nSPS) is 21.9. The minimum absolute atomic E-state index is 0.0253. The van der Waals surface area contributed by atoms with Gasteiger partial charge in [-0.3, -0.25) is 29.4 Å². The molecule has 214 valence electrons. The molecule has 1 atom stereocenters. The first-order valence-corrected chi connectivity index (χ1v) is 14.5. The maximum Gasteiger partial charge on any atom is 0.258 e. The summed E-state index contributed by atoms with van der Waals surface area (Å²) in [5.41, 5.74) is 4.87. The van der Waals surface area contributed by atoms with Crippen LogP contribution < -0.4 is 10.2 Å². The van der Waals surface area contributed by atoms with Crippen LogP contribution in [0.1, 0.15) is 68.7 Å². The summed E-state index contributed by atoms with van der Waals surface area (Å²) in [7, 11) is 0. The molecule has 0 aromatic heterocycles. The lowest BCUT2D eigenvalue weighted by molar-refractivity contribution is -0.136. The Morgan fingerprint density at radius 2 is 1.62 bits per heavy atom. The third-order valence-corrected chi connectivity index (χ3v) is 9.20. The minimum atomic E-state index is -1.01. The van der Waals surface area contributed by atoms with Crippen molar-refractivity contribution in [2.75, 3.05) is 18.0 Å². The predicted molar refractivity (Wildman–Crippen MR) is 154 cm³/mol. The highest BCUT2D eigenvalue weighted by Crippen LogP contribution is 2.37. The largest absolute Gasteiger partial charge is 0.385 e. The Balaban J connectivity index is 0.999. The minimum Gasteiger partial charge on any atom is -0.385 e. The lowest BCUT2D eigenvalue weighted by Crippen LogP contribution is -2.52. The molecule has 4 aliphatic rings. The highest BCUT2D eigenvalue weighted by molar-refractivity contribution is 6.10. The van der Waals surface area contributed by atoms with E-state index in [2.05, 4.69) is 22.3 Å². The van der Waals surface area contributed by atoms with Gasteiger partial charge in [0.15, 0.2) is 0 Å². The molecule has 2 fully saturated rings. The molecule has 0 spiro atoms. The van der Waals surface area contributed by atoms with Crippen LogP contribution in [-0.4, -0.2) is 57.7 Å². The molecule has 3 aromatic carbocycles. The fourth-order valence-electron chi connectivity index (χ4n) is 6.75. The van der Waals surface area contributed by atoms with Crippen LogP contribution in [-0.2, 0) is 34.8 Å². The molecule has 1 unspecified atom stereocenters. The molecule has 2 N–H and O–H groups in total. The van der Waals surface area contributed by atoms with Gasteiger partial charge in [0.05, 0.1) is 12.1 Å². The van der Waals surface area contributed by atoms with Crippen LogP contribution in [0.15, 0.2) is 66.7 Å². The zero-order chi connectivity index (χ0) is 29.0. The van der Waals surface area contributed by atoms with Gasteiger partial charge in [-0.2, -0.15) is 0 Å². The number of aliphatic hydroxyl groups is 1. The van der Waals surface area contributed by atoms with Crippen molar-refractivity contribution in [3.8, 4) is 0 Å². The topological polar surface area (TPSA) is 110 Å².